The van der Waals surface area contributed by atoms with Crippen LogP contribution in [0.25, 0.3) is 0 Å². The minimum Gasteiger partial charge on any atom is -0.395 e. The summed E-state index contributed by atoms with van der Waals surface area (Å²) in [6, 6.07) is 10.7. The maximum Gasteiger partial charge on any atom is 0.125 e. The van der Waals surface area contributed by atoms with Crippen LogP contribution in [0.1, 0.15) is 31.2 Å². The lowest BCUT2D eigenvalue weighted by molar-refractivity contribution is 0.152. The Bertz CT molecular complexity index is 399. The molecular weight excluding hydrogens is 210 g/mol. The predicted octanol–water partition coefficient (Wildman–Crippen LogP) is 3.42. The summed E-state index contributed by atoms with van der Waals surface area (Å²) in [6.07, 6.45) is 6.30. The van der Waals surface area contributed by atoms with E-state index in [4.69, 9.17) is 4.84 Å². The van der Waals surface area contributed by atoms with Gasteiger partial charge in [0.25, 0.3) is 0 Å². The summed E-state index contributed by atoms with van der Waals surface area (Å²) in [5, 5.41) is 4.27. The molecule has 17 heavy (non-hydrogen) atoms. The summed E-state index contributed by atoms with van der Waals surface area (Å²) >= 11 is 0. The molecule has 0 bridgehead atoms. The molecule has 0 saturated heterocycles. The molecule has 2 heteroatoms. The highest BCUT2D eigenvalue weighted by atomic mass is 16.6. The average molecular weight is 229 g/mol. The molecule has 1 aromatic carbocycles. The van der Waals surface area contributed by atoms with Crippen molar-refractivity contribution >= 4 is 5.71 Å². The highest BCUT2D eigenvalue weighted by molar-refractivity contribution is 5.90. The maximum absolute atomic E-state index is 5.26. The van der Waals surface area contributed by atoms with E-state index in [1.54, 1.807) is 0 Å². The fourth-order valence-electron chi connectivity index (χ4n) is 3.04. The van der Waals surface area contributed by atoms with Crippen molar-refractivity contribution in [1.82, 2.24) is 0 Å². The van der Waals surface area contributed by atoms with E-state index < -0.39 is 0 Å². The monoisotopic (exact) mass is 229 g/mol. The fraction of sp³-hybridized carbons (Fsp3) is 0.533. The molecule has 1 fully saturated rings. The summed E-state index contributed by atoms with van der Waals surface area (Å²) in [4.78, 5) is 5.26. The Morgan fingerprint density at radius 2 is 2.06 bits per heavy atom. The number of aryl methyl sites for hydroxylation is 1. The van der Waals surface area contributed by atoms with Crippen molar-refractivity contribution < 1.29 is 4.84 Å². The molecule has 1 heterocycles. The van der Waals surface area contributed by atoms with Crippen molar-refractivity contribution in [1.29, 1.82) is 0 Å². The van der Waals surface area contributed by atoms with E-state index in [1.165, 1.54) is 37.0 Å². The van der Waals surface area contributed by atoms with Gasteiger partial charge < -0.3 is 4.84 Å². The van der Waals surface area contributed by atoms with Crippen molar-refractivity contribution in [3.8, 4) is 0 Å². The van der Waals surface area contributed by atoms with Gasteiger partial charge in [-0.3, -0.25) is 0 Å². The summed E-state index contributed by atoms with van der Waals surface area (Å²) in [7, 11) is 0. The summed E-state index contributed by atoms with van der Waals surface area (Å²) in [6.45, 7) is 0.831. The largest absolute Gasteiger partial charge is 0.395 e. The third-order valence-corrected chi connectivity index (χ3v) is 4.01. The lowest BCUT2D eigenvalue weighted by Crippen LogP contribution is -2.27. The first-order valence-corrected chi connectivity index (χ1v) is 6.67. The highest BCUT2D eigenvalue weighted by Crippen LogP contribution is 2.33. The third-order valence-electron chi connectivity index (χ3n) is 4.01. The Labute approximate surface area is 103 Å². The first-order valence-electron chi connectivity index (χ1n) is 6.67. The molecule has 0 radical (unpaired) electrons. The molecule has 1 aliphatic carbocycles. The average Bonchev–Trinajstić information content (AvgIpc) is 2.86. The zero-order valence-electron chi connectivity index (χ0n) is 10.1. The van der Waals surface area contributed by atoms with E-state index in [1.807, 2.05) is 0 Å². The van der Waals surface area contributed by atoms with Gasteiger partial charge in [0.2, 0.25) is 0 Å². The lowest BCUT2D eigenvalue weighted by atomic mass is 9.78. The van der Waals surface area contributed by atoms with E-state index in [2.05, 4.69) is 35.5 Å². The van der Waals surface area contributed by atoms with E-state index in [-0.39, 0.29) is 0 Å². The van der Waals surface area contributed by atoms with Crippen LogP contribution in [0.2, 0.25) is 0 Å². The van der Waals surface area contributed by atoms with Gasteiger partial charge in [0.15, 0.2) is 0 Å². The molecule has 1 saturated carbocycles. The van der Waals surface area contributed by atoms with Crippen molar-refractivity contribution in [2.45, 2.75) is 32.1 Å². The fourth-order valence-corrected chi connectivity index (χ4v) is 3.04. The molecule has 3 rings (SSSR count). The van der Waals surface area contributed by atoms with Crippen molar-refractivity contribution in [2.24, 2.45) is 17.0 Å². The molecule has 2 nitrogen and oxygen atoms in total. The molecule has 0 aromatic heterocycles. The molecule has 0 N–H and O–H groups in total. The van der Waals surface area contributed by atoms with Crippen LogP contribution in [0.15, 0.2) is 35.5 Å². The summed E-state index contributed by atoms with van der Waals surface area (Å²) < 4.78 is 0. The predicted molar refractivity (Wildman–Crippen MR) is 69.0 cm³/mol. The first-order chi connectivity index (χ1) is 8.43. The van der Waals surface area contributed by atoms with Crippen molar-refractivity contribution in [2.75, 3.05) is 6.61 Å². The Balaban J connectivity index is 1.61. The van der Waals surface area contributed by atoms with Gasteiger partial charge in [0.05, 0.1) is 5.71 Å². The Hall–Kier alpha value is -1.31. The summed E-state index contributed by atoms with van der Waals surface area (Å²) in [5.41, 5.74) is 2.79. The van der Waals surface area contributed by atoms with Crippen LogP contribution in [0.3, 0.4) is 0 Å². The third kappa shape index (κ3) is 2.36. The highest BCUT2D eigenvalue weighted by Gasteiger charge is 2.33. The minimum absolute atomic E-state index is 0.629. The standard InChI is InChI=1S/C15H19NO/c1-2-5-12(6-3-1)9-10-13-7-4-8-14-11-17-16-15(13)14/h1-3,5-6,13-14H,4,7-11H2/t13-,14-/m0/s1. The number of hydrogen-bond donors (Lipinski definition) is 0. The van der Waals surface area contributed by atoms with Crippen LogP contribution in [-0.4, -0.2) is 12.3 Å². The Morgan fingerprint density at radius 3 is 2.94 bits per heavy atom. The van der Waals surface area contributed by atoms with Gasteiger partial charge in [0.1, 0.15) is 6.61 Å². The smallest absolute Gasteiger partial charge is 0.125 e. The summed E-state index contributed by atoms with van der Waals surface area (Å²) in [5.74, 6) is 1.29. The van der Waals surface area contributed by atoms with E-state index in [0.717, 1.165) is 13.0 Å². The molecule has 0 spiro atoms. The van der Waals surface area contributed by atoms with Crippen LogP contribution in [0.4, 0.5) is 0 Å². The molecule has 0 unspecified atom stereocenters. The molecule has 1 aliphatic heterocycles. The molecule has 2 atom stereocenters. The molecule has 0 amide bonds. The minimum atomic E-state index is 0.629. The maximum atomic E-state index is 5.26. The molecule has 90 valence electrons. The first kappa shape index (κ1) is 10.8. The number of benzene rings is 1. The Kier molecular flexibility index (Phi) is 3.12. The zero-order chi connectivity index (χ0) is 11.5. The van der Waals surface area contributed by atoms with Crippen LogP contribution < -0.4 is 0 Å². The van der Waals surface area contributed by atoms with Crippen molar-refractivity contribution in [3.63, 3.8) is 0 Å². The van der Waals surface area contributed by atoms with Gasteiger partial charge >= 0.3 is 0 Å². The van der Waals surface area contributed by atoms with Crippen molar-refractivity contribution in [3.05, 3.63) is 35.9 Å². The van der Waals surface area contributed by atoms with Gasteiger partial charge in [-0.1, -0.05) is 41.9 Å². The normalized spacial score (nSPS) is 27.2. The van der Waals surface area contributed by atoms with Crippen LogP contribution in [0.5, 0.6) is 0 Å². The number of hydrogen-bond acceptors (Lipinski definition) is 2. The van der Waals surface area contributed by atoms with Gasteiger partial charge in [0, 0.05) is 11.8 Å². The van der Waals surface area contributed by atoms with Gasteiger partial charge in [-0.25, -0.2) is 0 Å². The van der Waals surface area contributed by atoms with E-state index in [9.17, 15) is 0 Å². The second kappa shape index (κ2) is 4.91. The van der Waals surface area contributed by atoms with Crippen LogP contribution >= 0.6 is 0 Å². The van der Waals surface area contributed by atoms with E-state index >= 15 is 0 Å². The van der Waals surface area contributed by atoms with Crippen LogP contribution in [0, 0.1) is 11.8 Å². The molecular formula is C15H19NO. The van der Waals surface area contributed by atoms with E-state index in [0.29, 0.717) is 11.8 Å². The number of rotatable bonds is 3. The van der Waals surface area contributed by atoms with Gasteiger partial charge in [-0.15, -0.1) is 0 Å². The molecule has 1 aromatic rings. The number of fused-ring (bicyclic) bond motifs is 1. The number of nitrogens with zero attached hydrogens (tertiary/aromatic N) is 1. The SMILES string of the molecule is c1ccc(CC[C@@H]2CCC[C@H]3CON=C23)cc1. The van der Waals surface area contributed by atoms with Gasteiger partial charge in [-0.2, -0.15) is 0 Å². The Morgan fingerprint density at radius 1 is 1.18 bits per heavy atom. The van der Waals surface area contributed by atoms with Crippen LogP contribution in [-0.2, 0) is 11.3 Å². The number of oxime groups is 1. The lowest BCUT2D eigenvalue weighted by Gasteiger charge is -2.25. The second-order valence-electron chi connectivity index (χ2n) is 5.16. The van der Waals surface area contributed by atoms with Gasteiger partial charge in [-0.05, 0) is 31.2 Å². The quantitative estimate of drug-likeness (QED) is 0.778. The zero-order valence-corrected chi connectivity index (χ0v) is 10.1. The topological polar surface area (TPSA) is 21.6 Å². The second-order valence-corrected chi connectivity index (χ2v) is 5.16. The molecule has 2 aliphatic rings.